The number of hydrogen-bond donors (Lipinski definition) is 6. The van der Waals surface area contributed by atoms with Gasteiger partial charge in [-0.1, -0.05) is 0 Å². The van der Waals surface area contributed by atoms with E-state index in [0.717, 1.165) is 6.07 Å². The van der Waals surface area contributed by atoms with Crippen LogP contribution >= 0.6 is 0 Å². The van der Waals surface area contributed by atoms with Crippen molar-refractivity contribution in [3.63, 3.8) is 0 Å². The van der Waals surface area contributed by atoms with Gasteiger partial charge in [0.15, 0.2) is 11.5 Å². The zero-order chi connectivity index (χ0) is 23.9. The Morgan fingerprint density at radius 3 is 2.18 bits per heavy atom. The van der Waals surface area contributed by atoms with Crippen LogP contribution in [0.15, 0.2) is 34.7 Å². The van der Waals surface area contributed by atoms with Gasteiger partial charge in [-0.3, -0.25) is 0 Å². The van der Waals surface area contributed by atoms with Crippen molar-refractivity contribution in [3.05, 3.63) is 30.3 Å². The first-order chi connectivity index (χ1) is 15.7. The molecule has 0 radical (unpaired) electrons. The molecule has 11 heteroatoms. The highest BCUT2D eigenvalue weighted by atomic mass is 16.7. The van der Waals surface area contributed by atoms with Crippen molar-refractivity contribution in [2.24, 2.45) is 0 Å². The fraction of sp³-hybridized carbons (Fsp3) is 0.318. The summed E-state index contributed by atoms with van der Waals surface area (Å²) in [6.07, 6.45) is -5.77. The first-order valence-corrected chi connectivity index (χ1v) is 9.84. The average molecular weight is 463 g/mol. The maximum Gasteiger partial charge on any atom is 0.402 e. The van der Waals surface area contributed by atoms with Crippen LogP contribution in [0, 0.1) is 0 Å². The normalized spacial score (nSPS) is 22.8. The van der Waals surface area contributed by atoms with Crippen LogP contribution in [0.5, 0.6) is 34.5 Å². The van der Waals surface area contributed by atoms with Crippen LogP contribution < -0.4 is 14.2 Å². The van der Waals surface area contributed by atoms with Gasteiger partial charge in [-0.25, -0.2) is 4.42 Å². The minimum Gasteiger partial charge on any atom is -0.507 e. The number of ether oxygens (including phenoxy) is 4. The van der Waals surface area contributed by atoms with E-state index >= 15 is 0 Å². The first kappa shape index (κ1) is 22.7. The second kappa shape index (κ2) is 8.79. The summed E-state index contributed by atoms with van der Waals surface area (Å²) in [6, 6.07) is 6.66. The lowest BCUT2D eigenvalue weighted by Gasteiger charge is -2.34. The number of rotatable bonds is 5. The molecule has 0 aliphatic carbocycles. The van der Waals surface area contributed by atoms with E-state index in [1.807, 2.05) is 0 Å². The molecule has 2 aromatic carbocycles. The van der Waals surface area contributed by atoms with Crippen LogP contribution in [0.4, 0.5) is 0 Å². The summed E-state index contributed by atoms with van der Waals surface area (Å²) in [7, 11) is 2.70. The third kappa shape index (κ3) is 4.14. The molecule has 0 amide bonds. The van der Waals surface area contributed by atoms with Crippen LogP contribution in [-0.4, -0.2) is 76.1 Å². The molecular formula is C22H23O11+. The summed E-state index contributed by atoms with van der Waals surface area (Å²) < 4.78 is 27.4. The van der Waals surface area contributed by atoms with Crippen molar-refractivity contribution in [3.8, 4) is 45.8 Å². The van der Waals surface area contributed by atoms with Crippen LogP contribution in [0.2, 0.25) is 0 Å². The molecule has 0 unspecified atom stereocenters. The van der Waals surface area contributed by atoms with Gasteiger partial charge in [0.25, 0.3) is 0 Å². The second-order valence-electron chi connectivity index (χ2n) is 7.41. The van der Waals surface area contributed by atoms with Gasteiger partial charge >= 0.3 is 11.3 Å². The van der Waals surface area contributed by atoms with Gasteiger partial charge in [0.1, 0.15) is 35.2 Å². The maximum absolute atomic E-state index is 10.3. The molecule has 3 aromatic rings. The van der Waals surface area contributed by atoms with Crippen LogP contribution in [-0.2, 0) is 4.74 Å². The third-order valence-corrected chi connectivity index (χ3v) is 5.26. The first-order valence-electron chi connectivity index (χ1n) is 9.84. The fourth-order valence-electron chi connectivity index (χ4n) is 3.51. The van der Waals surface area contributed by atoms with Gasteiger partial charge in [-0.2, -0.15) is 0 Å². The standard InChI is InChI=1S/C22H22O11/c1-29-15-3-9(4-16(30-2)19(15)27)21-17(33-22-20(28)18(26)13(25)8-31-22)7-11-12(24)5-10(23)6-14(11)32-21/h3-7,13,18,20,22,25-26,28H,8H2,1-2H3,(H2-,23,24,27)/p+1/t13-,18-,20-,22+/m1/s1. The molecule has 2 heterocycles. The molecule has 0 saturated carbocycles. The molecular weight excluding hydrogens is 440 g/mol. The highest BCUT2D eigenvalue weighted by Gasteiger charge is 2.40. The minimum atomic E-state index is -1.59. The second-order valence-corrected chi connectivity index (χ2v) is 7.41. The molecule has 1 aliphatic heterocycles. The van der Waals surface area contributed by atoms with E-state index in [-0.39, 0.29) is 57.8 Å². The zero-order valence-electron chi connectivity index (χ0n) is 17.6. The number of methoxy groups -OCH3 is 2. The van der Waals surface area contributed by atoms with E-state index in [1.165, 1.54) is 38.5 Å². The van der Waals surface area contributed by atoms with Crippen LogP contribution in [0.3, 0.4) is 0 Å². The maximum atomic E-state index is 10.3. The van der Waals surface area contributed by atoms with Gasteiger partial charge in [0, 0.05) is 24.3 Å². The summed E-state index contributed by atoms with van der Waals surface area (Å²) >= 11 is 0. The van der Waals surface area contributed by atoms with Crippen molar-refractivity contribution in [1.29, 1.82) is 0 Å². The zero-order valence-corrected chi connectivity index (χ0v) is 17.6. The average Bonchev–Trinajstić information content (AvgIpc) is 2.79. The van der Waals surface area contributed by atoms with Gasteiger partial charge in [0.2, 0.25) is 17.8 Å². The predicted octanol–water partition coefficient (Wildman–Crippen LogP) is 1.33. The molecule has 4 atom stereocenters. The lowest BCUT2D eigenvalue weighted by molar-refractivity contribution is -0.242. The number of benzene rings is 2. The SMILES string of the molecule is COc1cc(-c2[o+]c3cc(O)cc(O)c3cc2O[C@@H]2OC[C@@H](O)[C@@H](O)[C@H]2O)cc(OC)c1O. The highest BCUT2D eigenvalue weighted by Crippen LogP contribution is 2.45. The van der Waals surface area contributed by atoms with Gasteiger partial charge < -0.3 is 49.6 Å². The Bertz CT molecular complexity index is 1150. The lowest BCUT2D eigenvalue weighted by atomic mass is 10.1. The Hall–Kier alpha value is -3.51. The fourth-order valence-corrected chi connectivity index (χ4v) is 3.51. The Morgan fingerprint density at radius 2 is 1.55 bits per heavy atom. The van der Waals surface area contributed by atoms with E-state index in [1.54, 1.807) is 0 Å². The molecule has 1 saturated heterocycles. The topological polar surface area (TPSA) is 170 Å². The molecule has 33 heavy (non-hydrogen) atoms. The van der Waals surface area contributed by atoms with E-state index < -0.39 is 24.6 Å². The molecule has 176 valence electrons. The molecule has 1 aliphatic rings. The Kier molecular flexibility index (Phi) is 6.04. The smallest absolute Gasteiger partial charge is 0.402 e. The largest absolute Gasteiger partial charge is 0.507 e. The van der Waals surface area contributed by atoms with Crippen molar-refractivity contribution in [2.45, 2.75) is 24.6 Å². The Morgan fingerprint density at radius 1 is 0.879 bits per heavy atom. The molecule has 6 N–H and O–H groups in total. The van der Waals surface area contributed by atoms with Gasteiger partial charge in [0.05, 0.1) is 32.5 Å². The Balaban J connectivity index is 1.89. The molecule has 1 fully saturated rings. The Labute approximate surface area is 187 Å². The number of aliphatic hydroxyl groups excluding tert-OH is 3. The van der Waals surface area contributed by atoms with Crippen molar-refractivity contribution in [1.82, 2.24) is 0 Å². The summed E-state index contributed by atoms with van der Waals surface area (Å²) in [5, 5.41) is 60.5. The molecule has 1 aromatic heterocycles. The number of aliphatic hydroxyl groups is 3. The monoisotopic (exact) mass is 463 g/mol. The van der Waals surface area contributed by atoms with Crippen molar-refractivity contribution in [2.75, 3.05) is 20.8 Å². The van der Waals surface area contributed by atoms with E-state index in [4.69, 9.17) is 23.4 Å². The van der Waals surface area contributed by atoms with Gasteiger partial charge in [-0.05, 0) is 0 Å². The summed E-state index contributed by atoms with van der Waals surface area (Å²) in [5.41, 5.74) is 0.411. The van der Waals surface area contributed by atoms with E-state index in [2.05, 4.69) is 0 Å². The molecule has 11 nitrogen and oxygen atoms in total. The minimum absolute atomic E-state index is 0.0223. The summed E-state index contributed by atoms with van der Waals surface area (Å²) in [4.78, 5) is 0. The summed E-state index contributed by atoms with van der Waals surface area (Å²) in [5.74, 6) is -0.635. The van der Waals surface area contributed by atoms with Crippen molar-refractivity contribution < 1.29 is 54.0 Å². The summed E-state index contributed by atoms with van der Waals surface area (Å²) in [6.45, 7) is -0.289. The molecule has 4 rings (SSSR count). The number of phenolic OH excluding ortho intramolecular Hbond substituents is 3. The molecule has 0 bridgehead atoms. The van der Waals surface area contributed by atoms with Gasteiger partial charge in [-0.15, -0.1) is 0 Å². The van der Waals surface area contributed by atoms with Crippen LogP contribution in [0.25, 0.3) is 22.3 Å². The van der Waals surface area contributed by atoms with Crippen LogP contribution in [0.1, 0.15) is 0 Å². The third-order valence-electron chi connectivity index (χ3n) is 5.26. The molecule has 0 spiro atoms. The number of phenols is 3. The quantitative estimate of drug-likeness (QED) is 0.302. The lowest BCUT2D eigenvalue weighted by Crippen LogP contribution is -2.54. The highest BCUT2D eigenvalue weighted by molar-refractivity contribution is 5.88. The van der Waals surface area contributed by atoms with E-state index in [0.29, 0.717) is 5.56 Å². The van der Waals surface area contributed by atoms with Crippen molar-refractivity contribution >= 4 is 11.0 Å². The predicted molar refractivity (Wildman–Crippen MR) is 113 cm³/mol. The van der Waals surface area contributed by atoms with E-state index in [9.17, 15) is 30.6 Å². The number of hydrogen-bond acceptors (Lipinski definition) is 10. The number of aromatic hydroxyl groups is 3. The number of fused-ring (bicyclic) bond motifs is 1.